The Labute approximate surface area is 122 Å². The topological polar surface area (TPSA) is 44.5 Å². The molecule has 0 saturated heterocycles. The number of methoxy groups -OCH3 is 1. The van der Waals surface area contributed by atoms with Crippen molar-refractivity contribution in [3.05, 3.63) is 28.2 Å². The molecule has 0 aliphatic heterocycles. The third-order valence-electron chi connectivity index (χ3n) is 2.72. The second-order valence-corrected chi connectivity index (χ2v) is 5.92. The van der Waals surface area contributed by atoms with Crippen molar-refractivity contribution in [2.75, 3.05) is 13.7 Å². The van der Waals surface area contributed by atoms with Gasteiger partial charge in [-0.25, -0.2) is 0 Å². The van der Waals surface area contributed by atoms with Crippen molar-refractivity contribution in [3.8, 4) is 5.75 Å². The summed E-state index contributed by atoms with van der Waals surface area (Å²) in [6.45, 7) is 4.59. The predicted molar refractivity (Wildman–Crippen MR) is 81.2 cm³/mol. The maximum atomic E-state index is 5.72. The van der Waals surface area contributed by atoms with Crippen LogP contribution in [0.4, 0.5) is 0 Å². The van der Waals surface area contributed by atoms with E-state index >= 15 is 0 Å². The zero-order valence-corrected chi connectivity index (χ0v) is 13.2. The van der Waals surface area contributed by atoms with Crippen molar-refractivity contribution in [2.24, 2.45) is 5.73 Å². The molecule has 5 heteroatoms. The molecule has 1 rings (SSSR count). The summed E-state index contributed by atoms with van der Waals surface area (Å²) in [6.07, 6.45) is 0.788. The number of rotatable bonds is 6. The van der Waals surface area contributed by atoms with Crippen LogP contribution in [0.5, 0.6) is 5.75 Å². The first-order valence-electron chi connectivity index (χ1n) is 5.63. The Morgan fingerprint density at radius 2 is 2.11 bits per heavy atom. The van der Waals surface area contributed by atoms with Crippen LogP contribution in [0, 0.1) is 0 Å². The Hall–Kier alpha value is -0.650. The minimum absolute atomic E-state index is 0.196. The molecule has 0 amide bonds. The number of halogens is 1. The Balaban J connectivity index is 2.70. The highest BCUT2D eigenvalue weighted by Gasteiger charge is 2.16. The number of ether oxygens (including phenoxy) is 2. The molecule has 0 unspecified atom stereocenters. The molecule has 2 N–H and O–H groups in total. The fraction of sp³-hybridized carbons (Fsp3) is 0.462. The number of hydrogen-bond acceptors (Lipinski definition) is 3. The summed E-state index contributed by atoms with van der Waals surface area (Å²) in [4.78, 5) is 0.331. The van der Waals surface area contributed by atoms with Gasteiger partial charge in [0.15, 0.2) is 0 Å². The van der Waals surface area contributed by atoms with Gasteiger partial charge in [-0.15, -0.1) is 0 Å². The van der Waals surface area contributed by atoms with E-state index in [1.54, 1.807) is 7.11 Å². The first-order valence-corrected chi connectivity index (χ1v) is 6.83. The lowest BCUT2D eigenvalue weighted by Gasteiger charge is -2.23. The largest absolute Gasteiger partial charge is 0.493 e. The van der Waals surface area contributed by atoms with E-state index in [-0.39, 0.29) is 5.60 Å². The molecule has 3 nitrogen and oxygen atoms in total. The Morgan fingerprint density at radius 3 is 2.67 bits per heavy atom. The second kappa shape index (κ2) is 6.50. The zero-order valence-electron chi connectivity index (χ0n) is 10.8. The van der Waals surface area contributed by atoms with E-state index < -0.39 is 0 Å². The van der Waals surface area contributed by atoms with Crippen molar-refractivity contribution in [3.63, 3.8) is 0 Å². The molecular formula is C13H18BrNO2S. The maximum absolute atomic E-state index is 5.72. The lowest BCUT2D eigenvalue weighted by molar-refractivity contribution is 0.00544. The summed E-state index contributed by atoms with van der Waals surface area (Å²) < 4.78 is 12.0. The minimum atomic E-state index is -0.196. The minimum Gasteiger partial charge on any atom is -0.493 e. The van der Waals surface area contributed by atoms with Gasteiger partial charge in [0.2, 0.25) is 0 Å². The summed E-state index contributed by atoms with van der Waals surface area (Å²) in [6, 6.07) is 5.62. The van der Waals surface area contributed by atoms with Crippen LogP contribution in [0.2, 0.25) is 0 Å². The van der Waals surface area contributed by atoms with Gasteiger partial charge in [-0.2, -0.15) is 0 Å². The van der Waals surface area contributed by atoms with Crippen LogP contribution in [0.25, 0.3) is 0 Å². The average molecular weight is 332 g/mol. The van der Waals surface area contributed by atoms with Gasteiger partial charge in [0.25, 0.3) is 0 Å². The summed E-state index contributed by atoms with van der Waals surface area (Å²) >= 11 is 8.39. The Morgan fingerprint density at radius 1 is 1.44 bits per heavy atom. The molecule has 100 valence electrons. The highest BCUT2D eigenvalue weighted by atomic mass is 79.9. The monoisotopic (exact) mass is 331 g/mol. The first kappa shape index (κ1) is 15.4. The van der Waals surface area contributed by atoms with E-state index in [9.17, 15) is 0 Å². The van der Waals surface area contributed by atoms with Crippen molar-refractivity contribution in [1.82, 2.24) is 0 Å². The van der Waals surface area contributed by atoms with E-state index in [0.29, 0.717) is 17.3 Å². The molecule has 18 heavy (non-hydrogen) atoms. The average Bonchev–Trinajstić information content (AvgIpc) is 2.30. The van der Waals surface area contributed by atoms with Crippen LogP contribution < -0.4 is 10.5 Å². The van der Waals surface area contributed by atoms with Gasteiger partial charge in [0.1, 0.15) is 10.7 Å². The SMILES string of the molecule is COC(C)(C)CCOc1ccc(Br)cc1C(N)=S. The van der Waals surface area contributed by atoms with Crippen molar-refractivity contribution in [2.45, 2.75) is 25.9 Å². The fourth-order valence-corrected chi connectivity index (χ4v) is 1.85. The van der Waals surface area contributed by atoms with Gasteiger partial charge in [0.05, 0.1) is 17.8 Å². The molecule has 0 radical (unpaired) electrons. The van der Waals surface area contributed by atoms with Crippen LogP contribution in [-0.4, -0.2) is 24.3 Å². The molecule has 1 aromatic carbocycles. The quantitative estimate of drug-likeness (QED) is 0.812. The van der Waals surface area contributed by atoms with E-state index in [4.69, 9.17) is 27.4 Å². The highest BCUT2D eigenvalue weighted by molar-refractivity contribution is 9.10. The Bertz CT molecular complexity index is 435. The van der Waals surface area contributed by atoms with Crippen LogP contribution in [0.1, 0.15) is 25.8 Å². The molecular weight excluding hydrogens is 314 g/mol. The molecule has 0 aromatic heterocycles. The summed E-state index contributed by atoms with van der Waals surface area (Å²) in [5, 5.41) is 0. The normalized spacial score (nSPS) is 11.3. The fourth-order valence-electron chi connectivity index (χ4n) is 1.33. The molecule has 0 fully saturated rings. The summed E-state index contributed by atoms with van der Waals surface area (Å²) in [5.41, 5.74) is 6.22. The molecule has 0 aliphatic carbocycles. The third kappa shape index (κ3) is 4.55. The Kier molecular flexibility index (Phi) is 5.56. The molecule has 0 aliphatic rings. The number of nitrogens with two attached hydrogens (primary N) is 1. The van der Waals surface area contributed by atoms with Crippen molar-refractivity contribution < 1.29 is 9.47 Å². The standard InChI is InChI=1S/C13H18BrNO2S/c1-13(2,16-3)6-7-17-11-5-4-9(14)8-10(11)12(15)18/h4-5,8H,6-7H2,1-3H3,(H2,15,18). The van der Waals surface area contributed by atoms with Crippen LogP contribution in [0.3, 0.4) is 0 Å². The maximum Gasteiger partial charge on any atom is 0.129 e. The molecule has 0 spiro atoms. The van der Waals surface area contributed by atoms with Crippen LogP contribution in [0.15, 0.2) is 22.7 Å². The molecule has 0 heterocycles. The molecule has 0 saturated carbocycles. The molecule has 0 bridgehead atoms. The third-order valence-corrected chi connectivity index (χ3v) is 3.43. The van der Waals surface area contributed by atoms with Gasteiger partial charge in [-0.05, 0) is 32.0 Å². The highest BCUT2D eigenvalue weighted by Crippen LogP contribution is 2.24. The summed E-state index contributed by atoms with van der Waals surface area (Å²) in [5.74, 6) is 0.706. The van der Waals surface area contributed by atoms with E-state index in [1.807, 2.05) is 32.0 Å². The van der Waals surface area contributed by atoms with Gasteiger partial charge in [0, 0.05) is 18.0 Å². The van der Waals surface area contributed by atoms with Gasteiger partial charge >= 0.3 is 0 Å². The molecule has 0 atom stereocenters. The van der Waals surface area contributed by atoms with Crippen molar-refractivity contribution >= 4 is 33.1 Å². The smallest absolute Gasteiger partial charge is 0.129 e. The molecule has 1 aromatic rings. The predicted octanol–water partition coefficient (Wildman–Crippen LogP) is 3.28. The second-order valence-electron chi connectivity index (χ2n) is 4.57. The zero-order chi connectivity index (χ0) is 13.8. The lowest BCUT2D eigenvalue weighted by atomic mass is 10.1. The van der Waals surface area contributed by atoms with Gasteiger partial charge in [-0.3, -0.25) is 0 Å². The summed E-state index contributed by atoms with van der Waals surface area (Å²) in [7, 11) is 1.69. The van der Waals surface area contributed by atoms with Crippen LogP contribution in [-0.2, 0) is 4.74 Å². The number of benzene rings is 1. The van der Waals surface area contributed by atoms with Gasteiger partial charge in [-0.1, -0.05) is 28.1 Å². The number of thiocarbonyl (C=S) groups is 1. The van der Waals surface area contributed by atoms with Crippen molar-refractivity contribution in [1.29, 1.82) is 0 Å². The van der Waals surface area contributed by atoms with Gasteiger partial charge < -0.3 is 15.2 Å². The van der Waals surface area contributed by atoms with Crippen LogP contribution >= 0.6 is 28.1 Å². The van der Waals surface area contributed by atoms with E-state index in [1.165, 1.54) is 0 Å². The first-order chi connectivity index (χ1) is 8.35. The van der Waals surface area contributed by atoms with E-state index in [2.05, 4.69) is 15.9 Å². The number of hydrogen-bond donors (Lipinski definition) is 1. The lowest BCUT2D eigenvalue weighted by Crippen LogP contribution is -2.25. The van der Waals surface area contributed by atoms with E-state index in [0.717, 1.165) is 16.5 Å².